The van der Waals surface area contributed by atoms with E-state index in [9.17, 15) is 4.79 Å². The van der Waals surface area contributed by atoms with Crippen molar-refractivity contribution in [1.29, 1.82) is 0 Å². The van der Waals surface area contributed by atoms with Gasteiger partial charge in [-0.3, -0.25) is 9.69 Å². The van der Waals surface area contributed by atoms with Crippen molar-refractivity contribution >= 4 is 48.0 Å². The van der Waals surface area contributed by atoms with Crippen molar-refractivity contribution in [3.05, 3.63) is 53.6 Å². The zero-order chi connectivity index (χ0) is 16.8. The number of benzene rings is 2. The topological polar surface area (TPSA) is 53.6 Å². The molecule has 142 valence electrons. The van der Waals surface area contributed by atoms with E-state index in [0.717, 1.165) is 31.9 Å². The summed E-state index contributed by atoms with van der Waals surface area (Å²) in [4.78, 5) is 14.2. The Morgan fingerprint density at radius 1 is 1.08 bits per heavy atom. The molecule has 0 radical (unpaired) electrons. The summed E-state index contributed by atoms with van der Waals surface area (Å²) in [7, 11) is 0. The molecule has 5 nitrogen and oxygen atoms in total. The molecule has 0 spiro atoms. The van der Waals surface area contributed by atoms with Crippen LogP contribution in [0.25, 0.3) is 0 Å². The quantitative estimate of drug-likeness (QED) is 0.775. The highest BCUT2D eigenvalue weighted by molar-refractivity contribution is 6.30. The van der Waals surface area contributed by atoms with Crippen molar-refractivity contribution in [2.24, 2.45) is 0 Å². The molecule has 2 aromatic rings. The highest BCUT2D eigenvalue weighted by atomic mass is 35.5. The Labute approximate surface area is 170 Å². The minimum atomic E-state index is 0. The van der Waals surface area contributed by atoms with Gasteiger partial charge in [0.25, 0.3) is 0 Å². The minimum absolute atomic E-state index is 0. The van der Waals surface area contributed by atoms with E-state index in [1.165, 1.54) is 0 Å². The largest absolute Gasteiger partial charge is 0.457 e. The fourth-order valence-corrected chi connectivity index (χ4v) is 2.73. The van der Waals surface area contributed by atoms with E-state index in [4.69, 9.17) is 16.3 Å². The molecule has 1 heterocycles. The summed E-state index contributed by atoms with van der Waals surface area (Å²) in [6.07, 6.45) is 0. The molecule has 0 aromatic heterocycles. The number of nitrogens with zero attached hydrogens (tertiary/aromatic N) is 1. The number of rotatable bonds is 5. The Morgan fingerprint density at radius 2 is 1.77 bits per heavy atom. The van der Waals surface area contributed by atoms with Gasteiger partial charge in [-0.25, -0.2) is 0 Å². The lowest BCUT2D eigenvalue weighted by Gasteiger charge is -2.26. The van der Waals surface area contributed by atoms with Gasteiger partial charge in [0.15, 0.2) is 0 Å². The van der Waals surface area contributed by atoms with Crippen molar-refractivity contribution < 1.29 is 9.53 Å². The van der Waals surface area contributed by atoms with Crippen LogP contribution in [-0.2, 0) is 4.79 Å². The van der Waals surface area contributed by atoms with E-state index < -0.39 is 0 Å². The van der Waals surface area contributed by atoms with Gasteiger partial charge in [0.2, 0.25) is 5.91 Å². The summed E-state index contributed by atoms with van der Waals surface area (Å²) in [5, 5.41) is 6.81. The molecular formula is C18H22Cl3N3O2. The van der Waals surface area contributed by atoms with Crippen molar-refractivity contribution in [3.63, 3.8) is 0 Å². The van der Waals surface area contributed by atoms with Gasteiger partial charge in [-0.2, -0.15) is 0 Å². The van der Waals surface area contributed by atoms with Crippen LogP contribution in [-0.4, -0.2) is 43.5 Å². The van der Waals surface area contributed by atoms with Crippen LogP contribution < -0.4 is 15.4 Å². The number of hydrogen-bond acceptors (Lipinski definition) is 4. The van der Waals surface area contributed by atoms with Gasteiger partial charge in [-0.05, 0) is 42.5 Å². The molecule has 3 rings (SSSR count). The summed E-state index contributed by atoms with van der Waals surface area (Å²) >= 11 is 5.94. The number of amides is 1. The standard InChI is InChI=1S/C18H20ClN3O2.2ClH/c19-14-2-1-3-17(12-14)24-16-6-4-15(5-7-16)21-18(23)13-22-10-8-20-9-11-22;;/h1-7,12,20H,8-11,13H2,(H,21,23);2*1H. The summed E-state index contributed by atoms with van der Waals surface area (Å²) in [5.41, 5.74) is 0.758. The lowest BCUT2D eigenvalue weighted by atomic mass is 10.3. The first-order valence-electron chi connectivity index (χ1n) is 7.95. The first kappa shape index (κ1) is 22.5. The molecule has 0 saturated carbocycles. The van der Waals surface area contributed by atoms with Gasteiger partial charge in [-0.15, -0.1) is 24.8 Å². The van der Waals surface area contributed by atoms with Gasteiger partial charge in [0.1, 0.15) is 11.5 Å². The Kier molecular flexibility index (Phi) is 9.76. The molecule has 0 atom stereocenters. The molecular weight excluding hydrogens is 397 g/mol. The molecule has 0 aliphatic carbocycles. The van der Waals surface area contributed by atoms with Crippen LogP contribution in [0.5, 0.6) is 11.5 Å². The van der Waals surface area contributed by atoms with E-state index in [-0.39, 0.29) is 30.7 Å². The molecule has 1 amide bonds. The molecule has 8 heteroatoms. The summed E-state index contributed by atoms with van der Waals surface area (Å²) in [5.74, 6) is 1.37. The van der Waals surface area contributed by atoms with E-state index in [0.29, 0.717) is 23.1 Å². The van der Waals surface area contributed by atoms with E-state index >= 15 is 0 Å². The van der Waals surface area contributed by atoms with Crippen LogP contribution in [0.1, 0.15) is 0 Å². The number of hydrogen-bond donors (Lipinski definition) is 2. The fourth-order valence-electron chi connectivity index (χ4n) is 2.55. The predicted octanol–water partition coefficient (Wildman–Crippen LogP) is 3.82. The first-order valence-corrected chi connectivity index (χ1v) is 8.33. The molecule has 1 saturated heterocycles. The molecule has 1 fully saturated rings. The van der Waals surface area contributed by atoms with Crippen molar-refractivity contribution in [2.45, 2.75) is 0 Å². The minimum Gasteiger partial charge on any atom is -0.457 e. The first-order chi connectivity index (χ1) is 11.7. The second kappa shape index (κ2) is 11.3. The average molecular weight is 419 g/mol. The maximum atomic E-state index is 12.1. The fraction of sp³-hybridized carbons (Fsp3) is 0.278. The highest BCUT2D eigenvalue weighted by Gasteiger charge is 2.13. The lowest BCUT2D eigenvalue weighted by Crippen LogP contribution is -2.46. The Balaban J connectivity index is 0.00000169. The molecule has 2 aromatic carbocycles. The summed E-state index contributed by atoms with van der Waals surface area (Å²) < 4.78 is 5.73. The number of carbonyl (C=O) groups excluding carboxylic acids is 1. The number of carbonyl (C=O) groups is 1. The van der Waals surface area contributed by atoms with Gasteiger partial charge in [0.05, 0.1) is 6.54 Å². The third-order valence-corrected chi connectivity index (χ3v) is 3.98. The van der Waals surface area contributed by atoms with Gasteiger partial charge < -0.3 is 15.4 Å². The van der Waals surface area contributed by atoms with Gasteiger partial charge >= 0.3 is 0 Å². The molecule has 1 aliphatic heterocycles. The number of halogens is 3. The number of anilines is 1. The molecule has 2 N–H and O–H groups in total. The predicted molar refractivity (Wildman–Crippen MR) is 110 cm³/mol. The second-order valence-electron chi connectivity index (χ2n) is 5.66. The molecule has 26 heavy (non-hydrogen) atoms. The second-order valence-corrected chi connectivity index (χ2v) is 6.09. The van der Waals surface area contributed by atoms with Gasteiger partial charge in [-0.1, -0.05) is 17.7 Å². The van der Waals surface area contributed by atoms with E-state index in [2.05, 4.69) is 15.5 Å². The Morgan fingerprint density at radius 3 is 2.42 bits per heavy atom. The SMILES string of the molecule is Cl.Cl.O=C(CN1CCNCC1)Nc1ccc(Oc2cccc(Cl)c2)cc1. The van der Waals surface area contributed by atoms with Crippen LogP contribution in [0.2, 0.25) is 5.02 Å². The Bertz CT molecular complexity index is 692. The van der Waals surface area contributed by atoms with Crippen LogP contribution >= 0.6 is 36.4 Å². The van der Waals surface area contributed by atoms with Crippen LogP contribution in [0.15, 0.2) is 48.5 Å². The normalized spacial score (nSPS) is 13.9. The Hall–Kier alpha value is -1.50. The maximum Gasteiger partial charge on any atom is 0.238 e. The zero-order valence-corrected chi connectivity index (χ0v) is 16.5. The number of ether oxygens (including phenoxy) is 1. The highest BCUT2D eigenvalue weighted by Crippen LogP contribution is 2.25. The smallest absolute Gasteiger partial charge is 0.238 e. The zero-order valence-electron chi connectivity index (χ0n) is 14.1. The average Bonchev–Trinajstić information content (AvgIpc) is 2.57. The molecule has 0 unspecified atom stereocenters. The number of piperazine rings is 1. The number of nitrogens with one attached hydrogen (secondary N) is 2. The van der Waals surface area contributed by atoms with E-state index in [1.54, 1.807) is 12.1 Å². The monoisotopic (exact) mass is 417 g/mol. The lowest BCUT2D eigenvalue weighted by molar-refractivity contribution is -0.117. The van der Waals surface area contributed by atoms with Crippen LogP contribution in [0.4, 0.5) is 5.69 Å². The molecule has 1 aliphatic rings. The third kappa shape index (κ3) is 7.02. The van der Waals surface area contributed by atoms with Crippen LogP contribution in [0.3, 0.4) is 0 Å². The van der Waals surface area contributed by atoms with Crippen molar-refractivity contribution in [1.82, 2.24) is 10.2 Å². The molecule has 0 bridgehead atoms. The van der Waals surface area contributed by atoms with Crippen LogP contribution in [0, 0.1) is 0 Å². The summed E-state index contributed by atoms with van der Waals surface area (Å²) in [6, 6.07) is 14.5. The van der Waals surface area contributed by atoms with Crippen molar-refractivity contribution in [2.75, 3.05) is 38.0 Å². The third-order valence-electron chi connectivity index (χ3n) is 3.75. The van der Waals surface area contributed by atoms with E-state index in [1.807, 2.05) is 36.4 Å². The van der Waals surface area contributed by atoms with Crippen molar-refractivity contribution in [3.8, 4) is 11.5 Å². The maximum absolute atomic E-state index is 12.1. The summed E-state index contributed by atoms with van der Waals surface area (Å²) in [6.45, 7) is 4.09. The van der Waals surface area contributed by atoms with Gasteiger partial charge in [0, 0.05) is 36.9 Å².